The Balaban J connectivity index is 0. The van der Waals surface area contributed by atoms with Crippen LogP contribution in [0.5, 0.6) is 0 Å². The first-order chi connectivity index (χ1) is 20.2. The van der Waals surface area contributed by atoms with Crippen molar-refractivity contribution in [2.75, 3.05) is 0 Å². The van der Waals surface area contributed by atoms with E-state index in [0.29, 0.717) is 0 Å². The van der Waals surface area contributed by atoms with Crippen molar-refractivity contribution < 1.29 is 82.6 Å². The summed E-state index contributed by atoms with van der Waals surface area (Å²) >= 11 is 3.83. The third-order valence-corrected chi connectivity index (χ3v) is 8.22. The van der Waals surface area contributed by atoms with Crippen LogP contribution in [-0.4, -0.2) is 22.4 Å². The fraction of sp³-hybridized carbons (Fsp3) is 0.189. The summed E-state index contributed by atoms with van der Waals surface area (Å²) in [5, 5.41) is 0. The first-order valence-corrected chi connectivity index (χ1v) is 15.1. The van der Waals surface area contributed by atoms with Gasteiger partial charge in [0.2, 0.25) is 0 Å². The van der Waals surface area contributed by atoms with Crippen molar-refractivity contribution in [1.29, 1.82) is 0 Å². The maximum atomic E-state index is 4.59. The van der Waals surface area contributed by atoms with Crippen molar-refractivity contribution in [2.24, 2.45) is 0 Å². The van der Waals surface area contributed by atoms with E-state index in [-0.39, 0.29) is 82.6 Å². The molecule has 3 aromatic carbocycles. The Kier molecular flexibility index (Phi) is 21.2. The molecule has 48 heavy (non-hydrogen) atoms. The molecule has 262 valence electrons. The van der Waals surface area contributed by atoms with Crippen LogP contribution in [0, 0.1) is 34.6 Å². The summed E-state index contributed by atoms with van der Waals surface area (Å²) in [7, 11) is 0. The summed E-state index contributed by atoms with van der Waals surface area (Å²) in [4.78, 5) is 9.19. The van der Waals surface area contributed by atoms with E-state index in [4.69, 9.17) is 0 Å². The number of benzene rings is 3. The van der Waals surface area contributed by atoms with Gasteiger partial charge in [-0.3, -0.25) is 0 Å². The molecule has 0 N–H and O–H groups in total. The Bertz CT molecular complexity index is 1690. The van der Waals surface area contributed by atoms with Crippen LogP contribution in [0.25, 0.3) is 22.3 Å². The second kappa shape index (κ2) is 21.2. The number of aryl methyl sites for hydroxylation is 4. The molecule has 0 aliphatic heterocycles. The number of rotatable bonds is 6. The van der Waals surface area contributed by atoms with Crippen LogP contribution in [0.4, 0.5) is 23.0 Å². The van der Waals surface area contributed by atoms with Crippen LogP contribution < -0.4 is 58.8 Å². The molecule has 2 heterocycles. The van der Waals surface area contributed by atoms with Crippen molar-refractivity contribution in [3.05, 3.63) is 117 Å². The number of hydrogen-bond donors (Lipinski definition) is 0. The molecule has 5 rings (SSSR count). The minimum atomic E-state index is 0. The van der Waals surface area contributed by atoms with Crippen LogP contribution in [0.3, 0.4) is 0 Å². The van der Waals surface area contributed by atoms with Crippen molar-refractivity contribution in [2.45, 2.75) is 48.5 Å². The fourth-order valence-electron chi connectivity index (χ4n) is 6.01. The van der Waals surface area contributed by atoms with Gasteiger partial charge in [-0.15, -0.1) is 0 Å². The second-order valence-corrected chi connectivity index (χ2v) is 11.6. The molecule has 0 aliphatic carbocycles. The smallest absolute Gasteiger partial charge is 0.327 e. The molecule has 2 aromatic heterocycles. The van der Waals surface area contributed by atoms with Gasteiger partial charge >= 0.3 is 11.6 Å². The van der Waals surface area contributed by atoms with Crippen LogP contribution >= 0.6 is 15.9 Å². The summed E-state index contributed by atoms with van der Waals surface area (Å²) in [5.41, 5.74) is 13.3. The van der Waals surface area contributed by atoms with Crippen LogP contribution in [-0.2, 0) is 33.0 Å². The minimum Gasteiger partial charge on any atom is -1.00 e. The molecule has 11 heteroatoms. The van der Waals surface area contributed by atoms with Crippen LogP contribution in [0.15, 0.2) is 89.7 Å². The van der Waals surface area contributed by atoms with Crippen molar-refractivity contribution in [3.8, 4) is 22.3 Å². The van der Waals surface area contributed by atoms with E-state index >= 15 is 0 Å². The Morgan fingerprint density at radius 2 is 0.875 bits per heavy atom. The summed E-state index contributed by atoms with van der Waals surface area (Å²) in [5.74, 6) is 1.83. The summed E-state index contributed by atoms with van der Waals surface area (Å²) in [6.07, 6.45) is 7.84. The van der Waals surface area contributed by atoms with Gasteiger partial charge in [0.1, 0.15) is 23.8 Å². The molecule has 0 bridgehead atoms. The molecular formula is C37H37BrCl4N4Ni2-2. The maximum absolute atomic E-state index is 4.59. The molecule has 0 saturated heterocycles. The Labute approximate surface area is 338 Å². The zero-order valence-electron chi connectivity index (χ0n) is 27.5. The van der Waals surface area contributed by atoms with Crippen molar-refractivity contribution in [3.63, 3.8) is 0 Å². The van der Waals surface area contributed by atoms with Gasteiger partial charge in [-0.2, -0.15) is 0 Å². The largest absolute Gasteiger partial charge is 1.00 e. The van der Waals surface area contributed by atoms with E-state index in [1.807, 2.05) is 48.8 Å². The maximum Gasteiger partial charge on any atom is 0.327 e. The van der Waals surface area contributed by atoms with Gasteiger partial charge in [0, 0.05) is 49.6 Å². The Morgan fingerprint density at radius 3 is 1.15 bits per heavy atom. The monoisotopic (exact) mass is 872 g/mol. The molecule has 4 nitrogen and oxygen atoms in total. The molecule has 0 aliphatic rings. The number of pyridine rings is 2. The molecule has 0 unspecified atom stereocenters. The molecular weight excluding hydrogens is 840 g/mol. The molecule has 0 fully saturated rings. The van der Waals surface area contributed by atoms with E-state index < -0.39 is 0 Å². The van der Waals surface area contributed by atoms with Gasteiger partial charge in [0.15, 0.2) is 0 Å². The third kappa shape index (κ3) is 10.0. The van der Waals surface area contributed by atoms with Crippen molar-refractivity contribution in [1.82, 2.24) is 19.1 Å². The first kappa shape index (κ1) is 48.0. The SMILES string of the molecule is CC=[N+](c1ccccn1)c1c(C)cc(-c2cc(Br)cc(-c3cc(C)c([N+](=CC)c4ccccn4)c(C)c3)c2C)cc1C.[Cl-].[Cl-].[Cl-].[Cl-].[Ni].[Ni]. The van der Waals surface area contributed by atoms with Gasteiger partial charge in [-0.05, 0) is 157 Å². The third-order valence-electron chi connectivity index (χ3n) is 7.77. The first-order valence-electron chi connectivity index (χ1n) is 14.3. The zero-order chi connectivity index (χ0) is 30.0. The topological polar surface area (TPSA) is 31.8 Å². The Morgan fingerprint density at radius 1 is 0.542 bits per heavy atom. The number of aromatic nitrogens is 2. The minimum absolute atomic E-state index is 0. The average Bonchev–Trinajstić information content (AvgIpc) is 2.98. The molecule has 0 amide bonds. The zero-order valence-corrected chi connectivity index (χ0v) is 34.1. The van der Waals surface area contributed by atoms with Gasteiger partial charge in [0.05, 0.1) is 12.4 Å². The van der Waals surface area contributed by atoms with Gasteiger partial charge in [-0.1, -0.05) is 28.1 Å². The van der Waals surface area contributed by atoms with E-state index in [2.05, 4.69) is 132 Å². The quantitative estimate of drug-likeness (QED) is 0.112. The molecule has 0 radical (unpaired) electrons. The molecule has 0 saturated carbocycles. The van der Waals surface area contributed by atoms with Crippen LogP contribution in [0.1, 0.15) is 41.7 Å². The second-order valence-electron chi connectivity index (χ2n) is 10.7. The normalized spacial score (nSPS) is 10.6. The van der Waals surface area contributed by atoms with E-state index in [1.165, 1.54) is 61.4 Å². The average molecular weight is 877 g/mol. The molecule has 5 aromatic rings. The summed E-state index contributed by atoms with van der Waals surface area (Å²) in [6, 6.07) is 25.7. The number of hydrogen-bond acceptors (Lipinski definition) is 2. The van der Waals surface area contributed by atoms with Crippen LogP contribution in [0.2, 0.25) is 0 Å². The van der Waals surface area contributed by atoms with Crippen molar-refractivity contribution >= 4 is 51.4 Å². The summed E-state index contributed by atoms with van der Waals surface area (Å²) < 4.78 is 5.40. The van der Waals surface area contributed by atoms with Gasteiger partial charge in [-0.25, -0.2) is 9.15 Å². The van der Waals surface area contributed by atoms with E-state index in [9.17, 15) is 0 Å². The fourth-order valence-corrected chi connectivity index (χ4v) is 6.46. The molecule has 0 spiro atoms. The van der Waals surface area contributed by atoms with E-state index in [1.54, 1.807) is 0 Å². The standard InChI is InChI=1S/C37H37BrN4.4ClH.2Ni/c1-8-41(34-14-10-12-16-39-34)36-24(3)18-29(19-25(36)4)32-22-31(38)23-33(28(32)7)30-20-26(5)37(27(6)21-30)42(9-2)35-15-11-13-17-40-35;;;;;;/h8-23H,1-7H3;4*1H;;/q+2;;;;;;/p-4. The summed E-state index contributed by atoms with van der Waals surface area (Å²) in [6.45, 7) is 15.1. The number of nitrogens with zero attached hydrogens (tertiary/aromatic N) is 4. The van der Waals surface area contributed by atoms with Gasteiger partial charge in [0.25, 0.3) is 0 Å². The Hall–Kier alpha value is -2.07. The van der Waals surface area contributed by atoms with E-state index in [0.717, 1.165) is 16.1 Å². The molecule has 0 atom stereocenters. The number of halogens is 5. The van der Waals surface area contributed by atoms with Gasteiger partial charge < -0.3 is 49.6 Å². The predicted molar refractivity (Wildman–Crippen MR) is 184 cm³/mol. The predicted octanol–water partition coefficient (Wildman–Crippen LogP) is -2.02.